The van der Waals surface area contributed by atoms with Gasteiger partial charge in [-0.1, -0.05) is 35.3 Å². The van der Waals surface area contributed by atoms with Crippen LogP contribution in [-0.4, -0.2) is 40.0 Å². The minimum absolute atomic E-state index is 0.0714. The van der Waals surface area contributed by atoms with Gasteiger partial charge in [0.05, 0.1) is 15.0 Å². The maximum absolute atomic E-state index is 12.4. The first-order chi connectivity index (χ1) is 13.0. The number of thioether (sulfide) groups is 1. The largest absolute Gasteiger partial charge is 0.349 e. The molecule has 0 bridgehead atoms. The van der Waals surface area contributed by atoms with Crippen molar-refractivity contribution in [3.05, 3.63) is 68.8 Å². The van der Waals surface area contributed by atoms with Crippen LogP contribution < -0.4 is 5.32 Å². The molecule has 1 saturated heterocycles. The number of carbonyl (C=O) groups is 3. The van der Waals surface area contributed by atoms with Crippen molar-refractivity contribution in [3.8, 4) is 0 Å². The molecule has 2 heterocycles. The lowest BCUT2D eigenvalue weighted by Crippen LogP contribution is -2.37. The Morgan fingerprint density at radius 2 is 2.00 bits per heavy atom. The molecular formula is C18H13Cl2N3O3S. The Kier molecular flexibility index (Phi) is 6.15. The van der Waals surface area contributed by atoms with Crippen LogP contribution in [0.5, 0.6) is 0 Å². The van der Waals surface area contributed by atoms with Crippen LogP contribution in [0.15, 0.2) is 47.5 Å². The number of amides is 3. The minimum atomic E-state index is -0.414. The van der Waals surface area contributed by atoms with E-state index in [9.17, 15) is 14.4 Å². The van der Waals surface area contributed by atoms with Crippen molar-refractivity contribution in [2.24, 2.45) is 0 Å². The average Bonchev–Trinajstić information content (AvgIpc) is 2.92. The molecule has 0 unspecified atom stereocenters. The zero-order valence-electron chi connectivity index (χ0n) is 13.8. The van der Waals surface area contributed by atoms with E-state index in [2.05, 4.69) is 10.3 Å². The van der Waals surface area contributed by atoms with Crippen LogP contribution in [0.4, 0.5) is 4.79 Å². The molecule has 9 heteroatoms. The van der Waals surface area contributed by atoms with E-state index in [1.807, 2.05) is 0 Å². The van der Waals surface area contributed by atoms with E-state index in [-0.39, 0.29) is 29.6 Å². The number of nitrogens with one attached hydrogen (secondary N) is 1. The summed E-state index contributed by atoms with van der Waals surface area (Å²) in [5, 5.41) is 3.02. The fraction of sp³-hybridized carbons (Fsp3) is 0.111. The van der Waals surface area contributed by atoms with Crippen LogP contribution >= 0.6 is 35.0 Å². The van der Waals surface area contributed by atoms with Gasteiger partial charge in [0.15, 0.2) is 0 Å². The summed E-state index contributed by atoms with van der Waals surface area (Å²) in [6.07, 6.45) is 3.10. The Bertz CT molecular complexity index is 935. The lowest BCUT2D eigenvalue weighted by molar-refractivity contribution is -0.122. The first kappa shape index (κ1) is 19.4. The number of carbonyl (C=O) groups excluding carboxylic acids is 3. The average molecular weight is 422 g/mol. The first-order valence-corrected chi connectivity index (χ1v) is 9.42. The summed E-state index contributed by atoms with van der Waals surface area (Å²) in [5.41, 5.74) is 0.935. The van der Waals surface area contributed by atoms with Gasteiger partial charge in [0.25, 0.3) is 17.1 Å². The number of pyridine rings is 1. The number of nitrogens with zero attached hydrogens (tertiary/aromatic N) is 2. The van der Waals surface area contributed by atoms with Crippen molar-refractivity contribution in [3.63, 3.8) is 0 Å². The second-order valence-corrected chi connectivity index (χ2v) is 7.29. The molecule has 1 aromatic carbocycles. The minimum Gasteiger partial charge on any atom is -0.349 e. The van der Waals surface area contributed by atoms with E-state index in [1.165, 1.54) is 6.20 Å². The van der Waals surface area contributed by atoms with Crippen molar-refractivity contribution < 1.29 is 14.4 Å². The normalized spacial score (nSPS) is 15.5. The molecule has 6 nitrogen and oxygen atoms in total. The highest BCUT2D eigenvalue weighted by atomic mass is 35.5. The molecular weight excluding hydrogens is 409 g/mol. The molecule has 0 saturated carbocycles. The van der Waals surface area contributed by atoms with E-state index in [0.717, 1.165) is 16.7 Å². The van der Waals surface area contributed by atoms with Crippen molar-refractivity contribution >= 4 is 58.1 Å². The first-order valence-electron chi connectivity index (χ1n) is 7.85. The van der Waals surface area contributed by atoms with Crippen molar-refractivity contribution in [2.75, 3.05) is 13.1 Å². The highest BCUT2D eigenvalue weighted by Gasteiger charge is 2.34. The highest BCUT2D eigenvalue weighted by Crippen LogP contribution is 2.33. The molecule has 27 heavy (non-hydrogen) atoms. The molecule has 1 aromatic heterocycles. The quantitative estimate of drug-likeness (QED) is 0.741. The van der Waals surface area contributed by atoms with Crippen LogP contribution in [0.25, 0.3) is 6.08 Å². The molecule has 0 aliphatic carbocycles. The van der Waals surface area contributed by atoms with Gasteiger partial charge in [-0.25, -0.2) is 0 Å². The Morgan fingerprint density at radius 1 is 1.19 bits per heavy atom. The SMILES string of the molecule is O=C(NCCN1C(=O)S/C(=C/c2ccc(Cl)c(Cl)c2)C1=O)c1ccccn1. The zero-order valence-corrected chi connectivity index (χ0v) is 16.1. The Balaban J connectivity index is 1.61. The second kappa shape index (κ2) is 8.56. The molecule has 0 radical (unpaired) electrons. The van der Waals surface area contributed by atoms with Crippen molar-refractivity contribution in [2.45, 2.75) is 0 Å². The molecule has 3 amide bonds. The Labute approximate surface area is 169 Å². The number of hydrogen-bond donors (Lipinski definition) is 1. The van der Waals surface area contributed by atoms with Gasteiger partial charge < -0.3 is 5.32 Å². The molecule has 1 fully saturated rings. The van der Waals surface area contributed by atoms with Gasteiger partial charge in [0, 0.05) is 19.3 Å². The van der Waals surface area contributed by atoms with E-state index < -0.39 is 11.1 Å². The second-order valence-electron chi connectivity index (χ2n) is 5.48. The predicted molar refractivity (Wildman–Crippen MR) is 106 cm³/mol. The summed E-state index contributed by atoms with van der Waals surface area (Å²) in [6.45, 7) is 0.204. The fourth-order valence-electron chi connectivity index (χ4n) is 2.32. The number of imide groups is 1. The summed E-state index contributed by atoms with van der Waals surface area (Å²) >= 11 is 12.7. The number of benzene rings is 1. The van der Waals surface area contributed by atoms with Crippen LogP contribution in [0.1, 0.15) is 16.1 Å². The van der Waals surface area contributed by atoms with Gasteiger partial charge in [0.2, 0.25) is 0 Å². The number of aromatic nitrogens is 1. The summed E-state index contributed by atoms with van der Waals surface area (Å²) in [6, 6.07) is 9.92. The molecule has 1 aliphatic heterocycles. The Hall–Kier alpha value is -2.35. The van der Waals surface area contributed by atoms with E-state index in [4.69, 9.17) is 23.2 Å². The van der Waals surface area contributed by atoms with Gasteiger partial charge >= 0.3 is 0 Å². The lowest BCUT2D eigenvalue weighted by atomic mass is 10.2. The van der Waals surface area contributed by atoms with Crippen LogP contribution in [0.3, 0.4) is 0 Å². The number of hydrogen-bond acceptors (Lipinski definition) is 5. The molecule has 138 valence electrons. The molecule has 2 aromatic rings. The van der Waals surface area contributed by atoms with Crippen molar-refractivity contribution in [1.82, 2.24) is 15.2 Å². The summed E-state index contributed by atoms with van der Waals surface area (Å²) < 4.78 is 0. The zero-order chi connectivity index (χ0) is 19.4. The molecule has 3 rings (SSSR count). The maximum Gasteiger partial charge on any atom is 0.293 e. The summed E-state index contributed by atoms with van der Waals surface area (Å²) in [7, 11) is 0. The molecule has 1 N–H and O–H groups in total. The molecule has 0 spiro atoms. The maximum atomic E-state index is 12.4. The van der Waals surface area contributed by atoms with E-state index in [1.54, 1.807) is 42.5 Å². The van der Waals surface area contributed by atoms with Crippen LogP contribution in [0, 0.1) is 0 Å². The third-order valence-corrected chi connectivity index (χ3v) is 5.28. The van der Waals surface area contributed by atoms with Crippen molar-refractivity contribution in [1.29, 1.82) is 0 Å². The highest BCUT2D eigenvalue weighted by molar-refractivity contribution is 8.18. The molecule has 0 atom stereocenters. The summed E-state index contributed by atoms with van der Waals surface area (Å²) in [4.78, 5) is 41.8. The standard InChI is InChI=1S/C18H13Cl2N3O3S/c19-12-5-4-11(9-13(12)20)10-15-17(25)23(18(26)27-15)8-7-22-16(24)14-3-1-2-6-21-14/h1-6,9-10H,7-8H2,(H,22,24)/b15-10+. The lowest BCUT2D eigenvalue weighted by Gasteiger charge is -2.12. The molecule has 1 aliphatic rings. The van der Waals surface area contributed by atoms with Gasteiger partial charge in [-0.05, 0) is 47.7 Å². The van der Waals surface area contributed by atoms with E-state index in [0.29, 0.717) is 15.6 Å². The number of rotatable bonds is 5. The van der Waals surface area contributed by atoms with Crippen LogP contribution in [0.2, 0.25) is 10.0 Å². The third kappa shape index (κ3) is 4.68. The Morgan fingerprint density at radius 3 is 2.70 bits per heavy atom. The fourth-order valence-corrected chi connectivity index (χ4v) is 3.49. The third-order valence-electron chi connectivity index (χ3n) is 3.63. The van der Waals surface area contributed by atoms with E-state index >= 15 is 0 Å². The predicted octanol–water partition coefficient (Wildman–Crippen LogP) is 3.85. The monoisotopic (exact) mass is 421 g/mol. The van der Waals surface area contributed by atoms with Gasteiger partial charge in [0.1, 0.15) is 5.69 Å². The topological polar surface area (TPSA) is 79.4 Å². The van der Waals surface area contributed by atoms with Gasteiger partial charge in [-0.3, -0.25) is 24.3 Å². The number of halogens is 2. The van der Waals surface area contributed by atoms with Gasteiger partial charge in [-0.2, -0.15) is 0 Å². The van der Waals surface area contributed by atoms with Crippen LogP contribution in [-0.2, 0) is 4.79 Å². The smallest absolute Gasteiger partial charge is 0.293 e. The van der Waals surface area contributed by atoms with Gasteiger partial charge in [-0.15, -0.1) is 0 Å². The summed E-state index contributed by atoms with van der Waals surface area (Å²) in [5.74, 6) is -0.780.